The van der Waals surface area contributed by atoms with Gasteiger partial charge in [0.25, 0.3) is 0 Å². The van der Waals surface area contributed by atoms with Crippen molar-refractivity contribution in [3.05, 3.63) is 50.9 Å². The molecule has 0 saturated heterocycles. The van der Waals surface area contributed by atoms with Crippen LogP contribution in [0, 0.1) is 6.92 Å². The molecule has 96 valence electrons. The van der Waals surface area contributed by atoms with Crippen LogP contribution in [0.5, 0.6) is 0 Å². The fraction of sp³-hybridized carbons (Fsp3) is 0.308. The molecule has 0 radical (unpaired) electrons. The van der Waals surface area contributed by atoms with Gasteiger partial charge in [-0.1, -0.05) is 23.7 Å². The minimum Gasteiger partial charge on any atom is -0.387 e. The van der Waals surface area contributed by atoms with E-state index in [4.69, 9.17) is 11.6 Å². The van der Waals surface area contributed by atoms with E-state index in [1.54, 1.807) is 23.5 Å². The lowest BCUT2D eigenvalue weighted by molar-refractivity contribution is 0.174. The molecule has 0 fully saturated rings. The normalized spacial score (nSPS) is 12.6. The summed E-state index contributed by atoms with van der Waals surface area (Å²) in [4.78, 5) is 4.35. The quantitative estimate of drug-likeness (QED) is 0.886. The van der Waals surface area contributed by atoms with Crippen LogP contribution in [0.15, 0.2) is 29.6 Å². The first-order chi connectivity index (χ1) is 8.65. The van der Waals surface area contributed by atoms with Crippen LogP contribution < -0.4 is 5.32 Å². The zero-order valence-corrected chi connectivity index (χ0v) is 11.6. The number of nitrogens with one attached hydrogen (secondary N) is 1. The Bertz CT molecular complexity index is 498. The standard InChI is InChI=1S/C13H15ClN2OS/c1-9-16-12(8-18-9)6-15-7-13(17)10-2-4-11(14)5-3-10/h2-5,8,13,15,17H,6-7H2,1H3. The third-order valence-electron chi connectivity index (χ3n) is 2.57. The van der Waals surface area contributed by atoms with Crippen LogP contribution in [0.3, 0.4) is 0 Å². The molecule has 0 amide bonds. The lowest BCUT2D eigenvalue weighted by Gasteiger charge is -2.11. The number of benzene rings is 1. The molecule has 2 aromatic rings. The van der Waals surface area contributed by atoms with Crippen LogP contribution >= 0.6 is 22.9 Å². The molecule has 0 aliphatic heterocycles. The summed E-state index contributed by atoms with van der Waals surface area (Å²) in [6.45, 7) is 3.16. The number of hydrogen-bond acceptors (Lipinski definition) is 4. The zero-order chi connectivity index (χ0) is 13.0. The maximum atomic E-state index is 9.97. The summed E-state index contributed by atoms with van der Waals surface area (Å²) in [5, 5.41) is 16.9. The van der Waals surface area contributed by atoms with Gasteiger partial charge in [0.1, 0.15) is 0 Å². The Balaban J connectivity index is 1.81. The summed E-state index contributed by atoms with van der Waals surface area (Å²) >= 11 is 7.43. The summed E-state index contributed by atoms with van der Waals surface area (Å²) in [7, 11) is 0. The van der Waals surface area contributed by atoms with Crippen LogP contribution in [-0.2, 0) is 6.54 Å². The first-order valence-electron chi connectivity index (χ1n) is 5.70. The van der Waals surface area contributed by atoms with Gasteiger partial charge in [0.05, 0.1) is 16.8 Å². The molecule has 18 heavy (non-hydrogen) atoms. The number of rotatable bonds is 5. The molecule has 1 heterocycles. The van der Waals surface area contributed by atoms with E-state index in [9.17, 15) is 5.11 Å². The highest BCUT2D eigenvalue weighted by molar-refractivity contribution is 7.09. The number of hydrogen-bond donors (Lipinski definition) is 2. The van der Waals surface area contributed by atoms with Gasteiger partial charge in [-0.15, -0.1) is 11.3 Å². The maximum absolute atomic E-state index is 9.97. The average Bonchev–Trinajstić information content (AvgIpc) is 2.76. The second-order valence-corrected chi connectivity index (χ2v) is 5.55. The van der Waals surface area contributed by atoms with Gasteiger partial charge in [-0.05, 0) is 24.6 Å². The predicted octanol–water partition coefficient (Wildman–Crippen LogP) is 2.93. The van der Waals surface area contributed by atoms with E-state index in [1.165, 1.54) is 0 Å². The number of aromatic nitrogens is 1. The van der Waals surface area contributed by atoms with E-state index in [0.717, 1.165) is 16.3 Å². The monoisotopic (exact) mass is 282 g/mol. The van der Waals surface area contributed by atoms with Crippen LogP contribution in [0.2, 0.25) is 5.02 Å². The maximum Gasteiger partial charge on any atom is 0.0914 e. The van der Waals surface area contributed by atoms with E-state index < -0.39 is 6.10 Å². The number of nitrogens with zero attached hydrogens (tertiary/aromatic N) is 1. The van der Waals surface area contributed by atoms with Crippen LogP contribution in [0.1, 0.15) is 22.4 Å². The number of halogens is 1. The molecule has 3 nitrogen and oxygen atoms in total. The molecule has 2 N–H and O–H groups in total. The molecule has 1 unspecified atom stereocenters. The van der Waals surface area contributed by atoms with Gasteiger partial charge in [0.15, 0.2) is 0 Å². The van der Waals surface area contributed by atoms with E-state index in [1.807, 2.05) is 24.4 Å². The molecule has 1 aromatic carbocycles. The Hall–Kier alpha value is -0.940. The number of aryl methyl sites for hydroxylation is 1. The zero-order valence-electron chi connectivity index (χ0n) is 10.1. The predicted molar refractivity (Wildman–Crippen MR) is 75.0 cm³/mol. The van der Waals surface area contributed by atoms with Crippen molar-refractivity contribution in [2.24, 2.45) is 0 Å². The Morgan fingerprint density at radius 2 is 2.11 bits per heavy atom. The minimum atomic E-state index is -0.526. The molecule has 2 rings (SSSR count). The van der Waals surface area contributed by atoms with Crippen molar-refractivity contribution >= 4 is 22.9 Å². The smallest absolute Gasteiger partial charge is 0.0914 e. The van der Waals surface area contributed by atoms with Crippen molar-refractivity contribution in [1.29, 1.82) is 0 Å². The number of aliphatic hydroxyl groups is 1. The fourth-order valence-electron chi connectivity index (χ4n) is 1.63. The van der Waals surface area contributed by atoms with Crippen molar-refractivity contribution in [2.75, 3.05) is 6.54 Å². The molecule has 0 saturated carbocycles. The minimum absolute atomic E-state index is 0.498. The van der Waals surface area contributed by atoms with Gasteiger partial charge in [0, 0.05) is 23.5 Å². The van der Waals surface area contributed by atoms with Gasteiger partial charge < -0.3 is 10.4 Å². The van der Waals surface area contributed by atoms with E-state index in [2.05, 4.69) is 10.3 Å². The molecule has 0 aliphatic carbocycles. The van der Waals surface area contributed by atoms with Gasteiger partial charge in [0.2, 0.25) is 0 Å². The number of aliphatic hydroxyl groups excluding tert-OH is 1. The highest BCUT2D eigenvalue weighted by Gasteiger charge is 2.07. The summed E-state index contributed by atoms with van der Waals surface area (Å²) in [5.74, 6) is 0. The van der Waals surface area contributed by atoms with Crippen molar-refractivity contribution < 1.29 is 5.11 Å². The van der Waals surface area contributed by atoms with Crippen molar-refractivity contribution in [3.63, 3.8) is 0 Å². The van der Waals surface area contributed by atoms with E-state index in [0.29, 0.717) is 18.1 Å². The van der Waals surface area contributed by atoms with Crippen molar-refractivity contribution in [1.82, 2.24) is 10.3 Å². The van der Waals surface area contributed by atoms with Gasteiger partial charge >= 0.3 is 0 Å². The van der Waals surface area contributed by atoms with Crippen molar-refractivity contribution in [2.45, 2.75) is 19.6 Å². The third-order valence-corrected chi connectivity index (χ3v) is 3.64. The fourth-order valence-corrected chi connectivity index (χ4v) is 2.37. The first-order valence-corrected chi connectivity index (χ1v) is 6.96. The summed E-state index contributed by atoms with van der Waals surface area (Å²) in [6, 6.07) is 7.23. The Morgan fingerprint density at radius 1 is 1.39 bits per heavy atom. The summed E-state index contributed by atoms with van der Waals surface area (Å²) in [6.07, 6.45) is -0.526. The average molecular weight is 283 g/mol. The Morgan fingerprint density at radius 3 is 2.72 bits per heavy atom. The van der Waals surface area contributed by atoms with Crippen LogP contribution in [0.4, 0.5) is 0 Å². The van der Waals surface area contributed by atoms with Crippen LogP contribution in [0.25, 0.3) is 0 Å². The SMILES string of the molecule is Cc1nc(CNCC(O)c2ccc(Cl)cc2)cs1. The highest BCUT2D eigenvalue weighted by Crippen LogP contribution is 2.16. The van der Waals surface area contributed by atoms with Gasteiger partial charge in [-0.2, -0.15) is 0 Å². The van der Waals surface area contributed by atoms with Crippen LogP contribution in [-0.4, -0.2) is 16.6 Å². The summed E-state index contributed by atoms with van der Waals surface area (Å²) < 4.78 is 0. The van der Waals surface area contributed by atoms with Gasteiger partial charge in [-0.3, -0.25) is 0 Å². The Labute approximate surface area is 115 Å². The second kappa shape index (κ2) is 6.29. The second-order valence-electron chi connectivity index (χ2n) is 4.06. The molecule has 0 bridgehead atoms. The lowest BCUT2D eigenvalue weighted by atomic mass is 10.1. The molecule has 1 atom stereocenters. The van der Waals surface area contributed by atoms with E-state index >= 15 is 0 Å². The molecule has 5 heteroatoms. The summed E-state index contributed by atoms with van der Waals surface area (Å²) in [5.41, 5.74) is 1.88. The third kappa shape index (κ3) is 3.78. The Kier molecular flexibility index (Phi) is 4.72. The van der Waals surface area contributed by atoms with Crippen molar-refractivity contribution in [3.8, 4) is 0 Å². The first kappa shape index (κ1) is 13.5. The van der Waals surface area contributed by atoms with E-state index in [-0.39, 0.29) is 0 Å². The molecular weight excluding hydrogens is 268 g/mol. The molecular formula is C13H15ClN2OS. The molecule has 0 aliphatic rings. The lowest BCUT2D eigenvalue weighted by Crippen LogP contribution is -2.21. The molecule has 0 spiro atoms. The number of thiazole rings is 1. The largest absolute Gasteiger partial charge is 0.387 e. The highest BCUT2D eigenvalue weighted by atomic mass is 35.5. The molecule has 1 aromatic heterocycles. The topological polar surface area (TPSA) is 45.2 Å². The van der Waals surface area contributed by atoms with Gasteiger partial charge in [-0.25, -0.2) is 4.98 Å².